The molecule has 0 fully saturated rings. The largest absolute Gasteiger partial charge is 0.494 e. The van der Waals surface area contributed by atoms with Gasteiger partial charge in [-0.2, -0.15) is 0 Å². The molecule has 1 aromatic carbocycles. The van der Waals surface area contributed by atoms with Crippen LogP contribution in [-0.2, 0) is 0 Å². The number of hydrogen-bond acceptors (Lipinski definition) is 3. The number of hydrogen-bond donors (Lipinski definition) is 3. The Kier molecular flexibility index (Phi) is 6.49. The summed E-state index contributed by atoms with van der Waals surface area (Å²) >= 11 is 0. The fourth-order valence-corrected chi connectivity index (χ4v) is 1.75. The Hall–Kier alpha value is -1.75. The molecule has 1 unspecified atom stereocenters. The Labute approximate surface area is 126 Å². The van der Waals surface area contributed by atoms with Gasteiger partial charge in [0.1, 0.15) is 5.75 Å². The molecule has 0 heterocycles. The van der Waals surface area contributed by atoms with E-state index < -0.39 is 5.54 Å². The molecule has 21 heavy (non-hydrogen) atoms. The molecule has 0 aliphatic heterocycles. The van der Waals surface area contributed by atoms with Gasteiger partial charge >= 0.3 is 6.03 Å². The van der Waals surface area contributed by atoms with Crippen LogP contribution in [0, 0.1) is 6.92 Å². The number of carbonyl (C=O) groups is 1. The molecular weight excluding hydrogens is 268 g/mol. The molecule has 0 radical (unpaired) electrons. The van der Waals surface area contributed by atoms with E-state index in [0.717, 1.165) is 23.4 Å². The van der Waals surface area contributed by atoms with Gasteiger partial charge in [-0.1, -0.05) is 13.8 Å². The monoisotopic (exact) mass is 294 g/mol. The van der Waals surface area contributed by atoms with Gasteiger partial charge in [-0.3, -0.25) is 0 Å². The maximum Gasteiger partial charge on any atom is 0.319 e. The van der Waals surface area contributed by atoms with Crippen LogP contribution in [0.3, 0.4) is 0 Å². The van der Waals surface area contributed by atoms with E-state index in [1.54, 1.807) is 6.92 Å². The van der Waals surface area contributed by atoms with Crippen LogP contribution >= 0.6 is 0 Å². The van der Waals surface area contributed by atoms with E-state index in [2.05, 4.69) is 17.6 Å². The van der Waals surface area contributed by atoms with Crippen LogP contribution < -0.4 is 15.4 Å². The van der Waals surface area contributed by atoms with Crippen LogP contribution in [-0.4, -0.2) is 29.9 Å². The summed E-state index contributed by atoms with van der Waals surface area (Å²) in [5.41, 5.74) is 1.05. The van der Waals surface area contributed by atoms with Gasteiger partial charge in [0.25, 0.3) is 0 Å². The lowest BCUT2D eigenvalue weighted by Gasteiger charge is -2.27. The number of anilines is 1. The second-order valence-corrected chi connectivity index (χ2v) is 5.48. The molecule has 0 saturated heterocycles. The van der Waals surface area contributed by atoms with E-state index in [0.29, 0.717) is 13.0 Å². The molecule has 2 amide bonds. The van der Waals surface area contributed by atoms with Crippen molar-refractivity contribution >= 4 is 11.7 Å². The average Bonchev–Trinajstić information content (AvgIpc) is 2.47. The number of ether oxygens (including phenoxy) is 1. The third kappa shape index (κ3) is 5.27. The summed E-state index contributed by atoms with van der Waals surface area (Å²) in [6.45, 7) is 8.28. The number of aryl methyl sites for hydroxylation is 1. The van der Waals surface area contributed by atoms with Gasteiger partial charge < -0.3 is 20.5 Å². The van der Waals surface area contributed by atoms with E-state index in [1.165, 1.54) is 0 Å². The first-order chi connectivity index (χ1) is 9.94. The molecule has 118 valence electrons. The molecule has 0 spiro atoms. The van der Waals surface area contributed by atoms with Crippen LogP contribution in [0.5, 0.6) is 5.75 Å². The lowest BCUT2D eigenvalue weighted by atomic mass is 10.0. The Morgan fingerprint density at radius 1 is 1.38 bits per heavy atom. The maximum atomic E-state index is 12.0. The van der Waals surface area contributed by atoms with Crippen molar-refractivity contribution in [2.75, 3.05) is 18.5 Å². The van der Waals surface area contributed by atoms with Crippen molar-refractivity contribution < 1.29 is 14.6 Å². The second-order valence-electron chi connectivity index (χ2n) is 5.48. The summed E-state index contributed by atoms with van der Waals surface area (Å²) in [4.78, 5) is 12.0. The predicted molar refractivity (Wildman–Crippen MR) is 84.9 cm³/mol. The van der Waals surface area contributed by atoms with Crippen molar-refractivity contribution in [1.29, 1.82) is 0 Å². The number of benzene rings is 1. The molecule has 1 rings (SSSR count). The minimum absolute atomic E-state index is 0.0975. The van der Waals surface area contributed by atoms with Crippen LogP contribution in [0.1, 0.15) is 39.2 Å². The molecule has 0 saturated carbocycles. The van der Waals surface area contributed by atoms with E-state index in [-0.39, 0.29) is 12.6 Å². The fraction of sp³-hybridized carbons (Fsp3) is 0.562. The highest BCUT2D eigenvalue weighted by Crippen LogP contribution is 2.21. The number of amides is 2. The summed E-state index contributed by atoms with van der Waals surface area (Å²) in [5.74, 6) is 0.800. The second kappa shape index (κ2) is 7.88. The minimum Gasteiger partial charge on any atom is -0.494 e. The summed E-state index contributed by atoms with van der Waals surface area (Å²) < 4.78 is 5.55. The van der Waals surface area contributed by atoms with Crippen LogP contribution in [0.15, 0.2) is 18.2 Å². The van der Waals surface area contributed by atoms with E-state index in [4.69, 9.17) is 4.74 Å². The zero-order valence-corrected chi connectivity index (χ0v) is 13.3. The highest BCUT2D eigenvalue weighted by atomic mass is 16.5. The van der Waals surface area contributed by atoms with Crippen LogP contribution in [0.4, 0.5) is 10.5 Å². The molecule has 0 aliphatic carbocycles. The van der Waals surface area contributed by atoms with Gasteiger partial charge in [-0.05, 0) is 50.5 Å². The number of rotatable bonds is 7. The summed E-state index contributed by atoms with van der Waals surface area (Å²) in [6, 6.07) is 5.24. The molecule has 3 N–H and O–H groups in total. The zero-order valence-electron chi connectivity index (χ0n) is 13.3. The van der Waals surface area contributed by atoms with Crippen molar-refractivity contribution in [3.63, 3.8) is 0 Å². The van der Waals surface area contributed by atoms with Crippen LogP contribution in [0.25, 0.3) is 0 Å². The van der Waals surface area contributed by atoms with Crippen molar-refractivity contribution in [3.8, 4) is 5.75 Å². The minimum atomic E-state index is -0.609. The molecule has 1 aromatic rings. The van der Waals surface area contributed by atoms with Crippen LogP contribution in [0.2, 0.25) is 0 Å². The lowest BCUT2D eigenvalue weighted by molar-refractivity contribution is 0.172. The first kappa shape index (κ1) is 17.3. The topological polar surface area (TPSA) is 70.6 Å². The summed E-state index contributed by atoms with van der Waals surface area (Å²) in [5, 5.41) is 14.9. The first-order valence-corrected chi connectivity index (χ1v) is 7.37. The van der Waals surface area contributed by atoms with Crippen molar-refractivity contribution in [2.45, 2.75) is 46.1 Å². The molecule has 5 nitrogen and oxygen atoms in total. The Bertz CT molecular complexity index is 471. The number of aliphatic hydroxyl groups excluding tert-OH is 1. The van der Waals surface area contributed by atoms with Gasteiger partial charge in [0, 0.05) is 5.69 Å². The highest BCUT2D eigenvalue weighted by molar-refractivity contribution is 5.90. The van der Waals surface area contributed by atoms with Gasteiger partial charge in [0.15, 0.2) is 0 Å². The molecule has 0 bridgehead atoms. The number of aliphatic hydroxyl groups is 1. The number of urea groups is 1. The molecule has 0 aliphatic rings. The highest BCUT2D eigenvalue weighted by Gasteiger charge is 2.23. The number of carbonyl (C=O) groups excluding carboxylic acids is 1. The Morgan fingerprint density at radius 2 is 2.10 bits per heavy atom. The van der Waals surface area contributed by atoms with Crippen molar-refractivity contribution in [3.05, 3.63) is 23.8 Å². The molecular formula is C16H26N2O3. The quantitative estimate of drug-likeness (QED) is 0.724. The Balaban J connectivity index is 2.68. The summed E-state index contributed by atoms with van der Waals surface area (Å²) in [6.07, 6.45) is 1.61. The van der Waals surface area contributed by atoms with Gasteiger partial charge in [0.05, 0.1) is 18.8 Å². The standard InChI is InChI=1S/C16H26N2O3/c1-5-9-21-13-7-8-14(12(3)10-13)17-15(20)18-16(4,6-2)11-19/h7-8,10,19H,5-6,9,11H2,1-4H3,(H2,17,18,20). The predicted octanol–water partition coefficient (Wildman–Crippen LogP) is 3.07. The Morgan fingerprint density at radius 3 is 2.62 bits per heavy atom. The van der Waals surface area contributed by atoms with E-state index in [9.17, 15) is 9.90 Å². The van der Waals surface area contributed by atoms with Gasteiger partial charge in [-0.25, -0.2) is 4.79 Å². The number of nitrogens with one attached hydrogen (secondary N) is 2. The van der Waals surface area contributed by atoms with Gasteiger partial charge in [0.2, 0.25) is 0 Å². The first-order valence-electron chi connectivity index (χ1n) is 7.37. The molecule has 0 aromatic heterocycles. The third-order valence-corrected chi connectivity index (χ3v) is 3.46. The maximum absolute atomic E-state index is 12.0. The fourth-order valence-electron chi connectivity index (χ4n) is 1.75. The third-order valence-electron chi connectivity index (χ3n) is 3.46. The average molecular weight is 294 g/mol. The molecule has 5 heteroatoms. The lowest BCUT2D eigenvalue weighted by Crippen LogP contribution is -2.50. The zero-order chi connectivity index (χ0) is 15.9. The summed E-state index contributed by atoms with van der Waals surface area (Å²) in [7, 11) is 0. The SMILES string of the molecule is CCCOc1ccc(NC(=O)NC(C)(CC)CO)c(C)c1. The van der Waals surface area contributed by atoms with E-state index in [1.807, 2.05) is 32.0 Å². The van der Waals surface area contributed by atoms with Gasteiger partial charge in [-0.15, -0.1) is 0 Å². The molecule has 1 atom stereocenters. The van der Waals surface area contributed by atoms with Crippen molar-refractivity contribution in [2.24, 2.45) is 0 Å². The van der Waals surface area contributed by atoms with Crippen molar-refractivity contribution in [1.82, 2.24) is 5.32 Å². The normalized spacial score (nSPS) is 13.4. The van der Waals surface area contributed by atoms with E-state index >= 15 is 0 Å². The smallest absolute Gasteiger partial charge is 0.319 e.